The molecule has 0 unspecified atom stereocenters. The zero-order valence-corrected chi connectivity index (χ0v) is 9.61. The van der Waals surface area contributed by atoms with E-state index in [1.54, 1.807) is 0 Å². The fraction of sp³-hybridized carbons (Fsp3) is 0.615. The summed E-state index contributed by atoms with van der Waals surface area (Å²) in [5.41, 5.74) is 0. The predicted octanol–water partition coefficient (Wildman–Crippen LogP) is 3.93. The Morgan fingerprint density at radius 2 is 1.73 bits per heavy atom. The molecule has 2 nitrogen and oxygen atoms in total. The van der Waals surface area contributed by atoms with Gasteiger partial charge in [-0.15, -0.1) is 0 Å². The SMILES string of the molecule is CCCCCC/C=C/C=C/CCC(=O)O. The van der Waals surface area contributed by atoms with Crippen LogP contribution in [-0.4, -0.2) is 11.1 Å². The van der Waals surface area contributed by atoms with Crippen molar-refractivity contribution in [1.82, 2.24) is 0 Å². The lowest BCUT2D eigenvalue weighted by Gasteiger charge is -1.92. The van der Waals surface area contributed by atoms with Gasteiger partial charge in [-0.05, 0) is 19.3 Å². The van der Waals surface area contributed by atoms with E-state index < -0.39 is 5.97 Å². The normalized spacial score (nSPS) is 11.5. The number of hydrogen-bond acceptors (Lipinski definition) is 1. The number of allylic oxidation sites excluding steroid dienone is 4. The first-order chi connectivity index (χ1) is 7.27. The van der Waals surface area contributed by atoms with E-state index in [1.165, 1.54) is 25.7 Å². The van der Waals surface area contributed by atoms with Gasteiger partial charge >= 0.3 is 5.97 Å². The molecule has 0 rings (SSSR count). The molecule has 0 saturated carbocycles. The molecule has 0 amide bonds. The highest BCUT2D eigenvalue weighted by molar-refractivity contribution is 5.66. The van der Waals surface area contributed by atoms with Crippen LogP contribution in [0, 0.1) is 0 Å². The highest BCUT2D eigenvalue weighted by Gasteiger charge is 1.90. The zero-order valence-electron chi connectivity index (χ0n) is 9.61. The van der Waals surface area contributed by atoms with Gasteiger partial charge in [0.05, 0.1) is 0 Å². The van der Waals surface area contributed by atoms with Crippen LogP contribution in [0.1, 0.15) is 51.9 Å². The largest absolute Gasteiger partial charge is 0.481 e. The van der Waals surface area contributed by atoms with E-state index >= 15 is 0 Å². The number of carboxylic acids is 1. The van der Waals surface area contributed by atoms with Crippen molar-refractivity contribution < 1.29 is 9.90 Å². The lowest BCUT2D eigenvalue weighted by molar-refractivity contribution is -0.136. The second-order valence-corrected chi connectivity index (χ2v) is 3.64. The van der Waals surface area contributed by atoms with E-state index in [4.69, 9.17) is 5.11 Å². The summed E-state index contributed by atoms with van der Waals surface area (Å²) in [5.74, 6) is -0.733. The van der Waals surface area contributed by atoms with E-state index in [0.717, 1.165) is 6.42 Å². The van der Waals surface area contributed by atoms with Crippen molar-refractivity contribution in [3.8, 4) is 0 Å². The molecule has 0 heterocycles. The summed E-state index contributed by atoms with van der Waals surface area (Å²) in [6.07, 6.45) is 15.1. The van der Waals surface area contributed by atoms with Gasteiger partial charge in [0.2, 0.25) is 0 Å². The molecule has 86 valence electrons. The van der Waals surface area contributed by atoms with E-state index in [9.17, 15) is 4.79 Å². The van der Waals surface area contributed by atoms with Crippen molar-refractivity contribution in [2.24, 2.45) is 0 Å². The van der Waals surface area contributed by atoms with Crippen LogP contribution in [0.15, 0.2) is 24.3 Å². The number of rotatable bonds is 9. The predicted molar refractivity (Wildman–Crippen MR) is 63.9 cm³/mol. The first kappa shape index (κ1) is 13.9. The molecule has 0 spiro atoms. The Hall–Kier alpha value is -1.05. The van der Waals surface area contributed by atoms with Crippen LogP contribution in [0.2, 0.25) is 0 Å². The smallest absolute Gasteiger partial charge is 0.303 e. The van der Waals surface area contributed by atoms with E-state index in [-0.39, 0.29) is 6.42 Å². The quantitative estimate of drug-likeness (QED) is 0.462. The minimum Gasteiger partial charge on any atom is -0.481 e. The van der Waals surface area contributed by atoms with E-state index in [2.05, 4.69) is 13.0 Å². The van der Waals surface area contributed by atoms with Crippen LogP contribution >= 0.6 is 0 Å². The van der Waals surface area contributed by atoms with Crippen LogP contribution in [0.5, 0.6) is 0 Å². The van der Waals surface area contributed by atoms with Crippen molar-refractivity contribution in [2.45, 2.75) is 51.9 Å². The summed E-state index contributed by atoms with van der Waals surface area (Å²) in [6.45, 7) is 2.21. The van der Waals surface area contributed by atoms with Gasteiger partial charge < -0.3 is 5.11 Å². The second kappa shape index (κ2) is 11.0. The molecule has 0 saturated heterocycles. The first-order valence-electron chi connectivity index (χ1n) is 5.80. The molecule has 0 aliphatic rings. The summed E-state index contributed by atoms with van der Waals surface area (Å²) in [6, 6.07) is 0. The fourth-order valence-corrected chi connectivity index (χ4v) is 1.25. The van der Waals surface area contributed by atoms with Crippen LogP contribution in [0.25, 0.3) is 0 Å². The molecular weight excluding hydrogens is 188 g/mol. The van der Waals surface area contributed by atoms with Crippen LogP contribution in [0.4, 0.5) is 0 Å². The van der Waals surface area contributed by atoms with Crippen LogP contribution in [-0.2, 0) is 4.79 Å². The Balaban J connectivity index is 3.26. The van der Waals surface area contributed by atoms with Crippen molar-refractivity contribution in [1.29, 1.82) is 0 Å². The molecule has 1 N–H and O–H groups in total. The highest BCUT2D eigenvalue weighted by atomic mass is 16.4. The molecule has 0 aromatic heterocycles. The molecule has 0 aromatic rings. The molecular formula is C13H22O2. The van der Waals surface area contributed by atoms with Crippen LogP contribution in [0.3, 0.4) is 0 Å². The molecule has 0 aliphatic carbocycles. The minimum atomic E-state index is -0.733. The Morgan fingerprint density at radius 1 is 1.07 bits per heavy atom. The molecule has 0 radical (unpaired) electrons. The second-order valence-electron chi connectivity index (χ2n) is 3.64. The Morgan fingerprint density at radius 3 is 2.33 bits per heavy atom. The summed E-state index contributed by atoms with van der Waals surface area (Å²) in [5, 5.41) is 8.38. The average molecular weight is 210 g/mol. The third kappa shape index (κ3) is 12.9. The van der Waals surface area contributed by atoms with Crippen molar-refractivity contribution in [3.05, 3.63) is 24.3 Å². The van der Waals surface area contributed by atoms with Gasteiger partial charge in [-0.2, -0.15) is 0 Å². The molecule has 0 bridgehead atoms. The van der Waals surface area contributed by atoms with E-state index in [0.29, 0.717) is 6.42 Å². The third-order valence-corrected chi connectivity index (χ3v) is 2.13. The maximum atomic E-state index is 10.2. The Labute approximate surface area is 92.7 Å². The van der Waals surface area contributed by atoms with Gasteiger partial charge in [-0.25, -0.2) is 0 Å². The number of unbranched alkanes of at least 4 members (excludes halogenated alkanes) is 4. The molecule has 0 aromatic carbocycles. The molecule has 0 aliphatic heterocycles. The summed E-state index contributed by atoms with van der Waals surface area (Å²) >= 11 is 0. The number of carbonyl (C=O) groups is 1. The van der Waals surface area contributed by atoms with E-state index in [1.807, 2.05) is 18.2 Å². The molecule has 0 atom stereocenters. The van der Waals surface area contributed by atoms with Gasteiger partial charge in [0.25, 0.3) is 0 Å². The topological polar surface area (TPSA) is 37.3 Å². The summed E-state index contributed by atoms with van der Waals surface area (Å²) in [7, 11) is 0. The van der Waals surface area contributed by atoms with Crippen molar-refractivity contribution in [3.63, 3.8) is 0 Å². The summed E-state index contributed by atoms with van der Waals surface area (Å²) < 4.78 is 0. The summed E-state index contributed by atoms with van der Waals surface area (Å²) in [4.78, 5) is 10.2. The average Bonchev–Trinajstić information content (AvgIpc) is 2.20. The Kier molecular flexibility index (Phi) is 10.3. The zero-order chi connectivity index (χ0) is 11.4. The molecule has 15 heavy (non-hydrogen) atoms. The standard InChI is InChI=1S/C13H22O2/c1-2-3-4-5-6-7-8-9-10-11-12-13(14)15/h7-10H,2-6,11-12H2,1H3,(H,14,15)/b8-7+,10-9+. The molecule has 2 heteroatoms. The lowest BCUT2D eigenvalue weighted by atomic mass is 10.1. The first-order valence-corrected chi connectivity index (χ1v) is 5.80. The van der Waals surface area contributed by atoms with Gasteiger partial charge in [-0.1, -0.05) is 50.5 Å². The third-order valence-electron chi connectivity index (χ3n) is 2.13. The van der Waals surface area contributed by atoms with Gasteiger partial charge in [0, 0.05) is 6.42 Å². The minimum absolute atomic E-state index is 0.223. The molecule has 0 fully saturated rings. The van der Waals surface area contributed by atoms with Crippen LogP contribution < -0.4 is 0 Å². The van der Waals surface area contributed by atoms with Gasteiger partial charge in [-0.3, -0.25) is 4.79 Å². The highest BCUT2D eigenvalue weighted by Crippen LogP contribution is 2.02. The van der Waals surface area contributed by atoms with Crippen molar-refractivity contribution >= 4 is 5.97 Å². The fourth-order valence-electron chi connectivity index (χ4n) is 1.25. The van der Waals surface area contributed by atoms with Crippen molar-refractivity contribution in [2.75, 3.05) is 0 Å². The number of carboxylic acid groups (broad SMARTS) is 1. The maximum Gasteiger partial charge on any atom is 0.303 e. The lowest BCUT2D eigenvalue weighted by Crippen LogP contribution is -1.91. The maximum absolute atomic E-state index is 10.2. The number of aliphatic carboxylic acids is 1. The van der Waals surface area contributed by atoms with Gasteiger partial charge in [0.1, 0.15) is 0 Å². The van der Waals surface area contributed by atoms with Gasteiger partial charge in [0.15, 0.2) is 0 Å². The monoisotopic (exact) mass is 210 g/mol. The number of hydrogen-bond donors (Lipinski definition) is 1. The Bertz CT molecular complexity index is 205.